The second kappa shape index (κ2) is 8.81. The van der Waals surface area contributed by atoms with Crippen LogP contribution in [-0.2, 0) is 11.3 Å². The highest BCUT2D eigenvalue weighted by Gasteiger charge is 2.14. The fraction of sp³-hybridized carbons (Fsp3) is 0.125. The number of nitrogens with zero attached hydrogens (tertiary/aromatic N) is 2. The minimum atomic E-state index is -0.226. The topological polar surface area (TPSA) is 95.7 Å². The normalized spacial score (nSPS) is 11.9. The van der Waals surface area contributed by atoms with Crippen molar-refractivity contribution in [3.63, 3.8) is 0 Å². The molecular formula is C24H19N3O5. The summed E-state index contributed by atoms with van der Waals surface area (Å²) in [5, 5.41) is 6.85. The average Bonchev–Trinajstić information content (AvgIpc) is 3.52. The molecule has 0 bridgehead atoms. The molecule has 32 heavy (non-hydrogen) atoms. The van der Waals surface area contributed by atoms with Crippen LogP contribution in [0.2, 0.25) is 0 Å². The molecule has 0 atom stereocenters. The molecule has 0 unspecified atom stereocenters. The monoisotopic (exact) mass is 429 g/mol. The SMILES string of the molecule is O=C(COc1ccc(-c2nc(-c3ccccc3)no2)cc1)NCc1ccc2c(c1)OCO2. The Hall–Kier alpha value is -4.33. The van der Waals surface area contributed by atoms with Gasteiger partial charge in [0.25, 0.3) is 11.8 Å². The molecule has 8 nitrogen and oxygen atoms in total. The fourth-order valence-electron chi connectivity index (χ4n) is 3.19. The van der Waals surface area contributed by atoms with E-state index in [9.17, 15) is 4.79 Å². The number of nitrogens with one attached hydrogen (secondary N) is 1. The maximum absolute atomic E-state index is 12.1. The van der Waals surface area contributed by atoms with E-state index < -0.39 is 0 Å². The highest BCUT2D eigenvalue weighted by molar-refractivity contribution is 5.77. The highest BCUT2D eigenvalue weighted by atomic mass is 16.7. The van der Waals surface area contributed by atoms with Crippen LogP contribution in [0.5, 0.6) is 17.2 Å². The molecule has 0 spiro atoms. The predicted octanol–water partition coefficient (Wildman–Crippen LogP) is 3.83. The summed E-state index contributed by atoms with van der Waals surface area (Å²) in [4.78, 5) is 16.6. The first-order valence-electron chi connectivity index (χ1n) is 10.0. The summed E-state index contributed by atoms with van der Waals surface area (Å²) in [5.74, 6) is 2.68. The van der Waals surface area contributed by atoms with E-state index in [0.717, 1.165) is 16.7 Å². The summed E-state index contributed by atoms with van der Waals surface area (Å²) in [6.45, 7) is 0.500. The van der Waals surface area contributed by atoms with E-state index in [1.807, 2.05) is 60.7 Å². The Kier molecular flexibility index (Phi) is 5.40. The van der Waals surface area contributed by atoms with Crippen molar-refractivity contribution in [1.29, 1.82) is 0 Å². The van der Waals surface area contributed by atoms with E-state index in [2.05, 4.69) is 15.5 Å². The van der Waals surface area contributed by atoms with E-state index in [0.29, 0.717) is 35.5 Å². The van der Waals surface area contributed by atoms with E-state index in [-0.39, 0.29) is 19.3 Å². The van der Waals surface area contributed by atoms with Crippen molar-refractivity contribution in [2.24, 2.45) is 0 Å². The molecule has 4 aromatic rings. The molecule has 0 saturated carbocycles. The lowest BCUT2D eigenvalue weighted by molar-refractivity contribution is -0.123. The molecule has 1 aromatic heterocycles. The number of fused-ring (bicyclic) bond motifs is 1. The molecular weight excluding hydrogens is 410 g/mol. The number of rotatable bonds is 7. The Morgan fingerprint density at radius 2 is 1.75 bits per heavy atom. The zero-order valence-corrected chi connectivity index (χ0v) is 17.0. The predicted molar refractivity (Wildman–Crippen MR) is 115 cm³/mol. The van der Waals surface area contributed by atoms with Crippen molar-refractivity contribution in [3.05, 3.63) is 78.4 Å². The second-order valence-corrected chi connectivity index (χ2v) is 7.07. The number of benzene rings is 3. The minimum absolute atomic E-state index is 0.0946. The number of amides is 1. The third-order valence-corrected chi connectivity index (χ3v) is 4.86. The van der Waals surface area contributed by atoms with Gasteiger partial charge in [-0.25, -0.2) is 0 Å². The summed E-state index contributed by atoms with van der Waals surface area (Å²) in [7, 11) is 0. The molecule has 1 aliphatic rings. The van der Waals surface area contributed by atoms with Crippen LogP contribution in [-0.4, -0.2) is 29.4 Å². The van der Waals surface area contributed by atoms with Crippen LogP contribution in [0.1, 0.15) is 5.56 Å². The zero-order valence-electron chi connectivity index (χ0n) is 17.0. The molecule has 0 fully saturated rings. The van der Waals surface area contributed by atoms with Crippen molar-refractivity contribution in [2.45, 2.75) is 6.54 Å². The maximum atomic E-state index is 12.1. The van der Waals surface area contributed by atoms with Gasteiger partial charge in [0.05, 0.1) is 0 Å². The average molecular weight is 429 g/mol. The van der Waals surface area contributed by atoms with Gasteiger partial charge in [-0.05, 0) is 42.0 Å². The molecule has 8 heteroatoms. The number of hydrogen-bond acceptors (Lipinski definition) is 7. The van der Waals surface area contributed by atoms with Gasteiger partial charge in [0.15, 0.2) is 18.1 Å². The van der Waals surface area contributed by atoms with Crippen molar-refractivity contribution >= 4 is 5.91 Å². The first-order chi connectivity index (χ1) is 15.7. The van der Waals surface area contributed by atoms with Gasteiger partial charge < -0.3 is 24.1 Å². The first kappa shape index (κ1) is 19.6. The van der Waals surface area contributed by atoms with Gasteiger partial charge in [-0.3, -0.25) is 4.79 Å². The van der Waals surface area contributed by atoms with Gasteiger partial charge in [0.2, 0.25) is 12.6 Å². The van der Waals surface area contributed by atoms with Crippen molar-refractivity contribution in [2.75, 3.05) is 13.4 Å². The van der Waals surface area contributed by atoms with Crippen LogP contribution in [0.25, 0.3) is 22.8 Å². The zero-order chi connectivity index (χ0) is 21.8. The van der Waals surface area contributed by atoms with Crippen LogP contribution in [0.3, 0.4) is 0 Å². The van der Waals surface area contributed by atoms with Gasteiger partial charge in [-0.1, -0.05) is 41.6 Å². The van der Waals surface area contributed by atoms with Gasteiger partial charge in [-0.15, -0.1) is 0 Å². The fourth-order valence-corrected chi connectivity index (χ4v) is 3.19. The number of aromatic nitrogens is 2. The smallest absolute Gasteiger partial charge is 0.258 e. The summed E-state index contributed by atoms with van der Waals surface area (Å²) in [6, 6.07) is 22.3. The Morgan fingerprint density at radius 1 is 0.938 bits per heavy atom. The first-order valence-corrected chi connectivity index (χ1v) is 10.0. The summed E-state index contributed by atoms with van der Waals surface area (Å²) in [5.41, 5.74) is 2.56. The number of carbonyl (C=O) groups excluding carboxylic acids is 1. The van der Waals surface area contributed by atoms with Gasteiger partial charge in [-0.2, -0.15) is 4.98 Å². The Morgan fingerprint density at radius 3 is 2.59 bits per heavy atom. The van der Waals surface area contributed by atoms with Crippen LogP contribution >= 0.6 is 0 Å². The lowest BCUT2D eigenvalue weighted by atomic mass is 10.2. The maximum Gasteiger partial charge on any atom is 0.258 e. The molecule has 0 aliphatic carbocycles. The second-order valence-electron chi connectivity index (χ2n) is 7.07. The lowest BCUT2D eigenvalue weighted by Gasteiger charge is -2.08. The summed E-state index contributed by atoms with van der Waals surface area (Å²) < 4.78 is 21.6. The van der Waals surface area contributed by atoms with Crippen molar-refractivity contribution in [3.8, 4) is 40.1 Å². The van der Waals surface area contributed by atoms with E-state index >= 15 is 0 Å². The third-order valence-electron chi connectivity index (χ3n) is 4.86. The summed E-state index contributed by atoms with van der Waals surface area (Å²) in [6.07, 6.45) is 0. The highest BCUT2D eigenvalue weighted by Crippen LogP contribution is 2.32. The van der Waals surface area contributed by atoms with Crippen molar-refractivity contribution < 1.29 is 23.5 Å². The molecule has 0 saturated heterocycles. The Bertz CT molecular complexity index is 1220. The van der Waals surface area contributed by atoms with Crippen LogP contribution < -0.4 is 19.5 Å². The lowest BCUT2D eigenvalue weighted by Crippen LogP contribution is -2.28. The largest absolute Gasteiger partial charge is 0.484 e. The van der Waals surface area contributed by atoms with E-state index in [4.69, 9.17) is 18.7 Å². The molecule has 3 aromatic carbocycles. The van der Waals surface area contributed by atoms with E-state index in [1.54, 1.807) is 12.1 Å². The molecule has 0 radical (unpaired) electrons. The molecule has 5 rings (SSSR count). The Labute approximate surface area is 183 Å². The van der Waals surface area contributed by atoms with Crippen LogP contribution in [0.4, 0.5) is 0 Å². The quantitative estimate of drug-likeness (QED) is 0.477. The molecule has 1 amide bonds. The standard InChI is InChI=1S/C24H19N3O5/c28-22(25-13-16-6-11-20-21(12-16)31-15-30-20)14-29-19-9-7-18(8-10-19)24-26-23(27-32-24)17-4-2-1-3-5-17/h1-12H,13-15H2,(H,25,28). The van der Waals surface area contributed by atoms with Crippen LogP contribution in [0.15, 0.2) is 77.3 Å². The van der Waals surface area contributed by atoms with Gasteiger partial charge in [0.1, 0.15) is 5.75 Å². The molecule has 2 heterocycles. The van der Waals surface area contributed by atoms with Crippen LogP contribution in [0, 0.1) is 0 Å². The number of ether oxygens (including phenoxy) is 3. The number of hydrogen-bond donors (Lipinski definition) is 1. The van der Waals surface area contributed by atoms with Gasteiger partial charge in [0, 0.05) is 17.7 Å². The number of carbonyl (C=O) groups is 1. The minimum Gasteiger partial charge on any atom is -0.484 e. The summed E-state index contributed by atoms with van der Waals surface area (Å²) >= 11 is 0. The van der Waals surface area contributed by atoms with Gasteiger partial charge >= 0.3 is 0 Å². The molecule has 1 N–H and O–H groups in total. The van der Waals surface area contributed by atoms with E-state index in [1.165, 1.54) is 0 Å². The third kappa shape index (κ3) is 4.39. The molecule has 160 valence electrons. The Balaban J connectivity index is 1.13. The molecule has 1 aliphatic heterocycles. The van der Waals surface area contributed by atoms with Crippen molar-refractivity contribution in [1.82, 2.24) is 15.5 Å².